The molecule has 1 aromatic rings. The number of sulfone groups is 1. The van der Waals surface area contributed by atoms with E-state index < -0.39 is 9.84 Å². The van der Waals surface area contributed by atoms with E-state index in [1.807, 2.05) is 4.90 Å². The van der Waals surface area contributed by atoms with E-state index >= 15 is 0 Å². The van der Waals surface area contributed by atoms with Crippen LogP contribution in [0.3, 0.4) is 0 Å². The van der Waals surface area contributed by atoms with Gasteiger partial charge in [-0.05, 0) is 0 Å². The van der Waals surface area contributed by atoms with Crippen LogP contribution >= 0.6 is 0 Å². The zero-order valence-electron chi connectivity index (χ0n) is 14.3. The van der Waals surface area contributed by atoms with E-state index in [1.165, 1.54) is 7.11 Å². The molecule has 3 heterocycles. The summed E-state index contributed by atoms with van der Waals surface area (Å²) in [6, 6.07) is -0.653. The van der Waals surface area contributed by atoms with Gasteiger partial charge in [0.1, 0.15) is 13.2 Å². The van der Waals surface area contributed by atoms with Crippen LogP contribution in [0.1, 0.15) is 11.7 Å². The van der Waals surface area contributed by atoms with Crippen molar-refractivity contribution in [3.8, 4) is 0 Å². The van der Waals surface area contributed by atoms with Crippen LogP contribution in [0.25, 0.3) is 0 Å². The number of hydrogen-bond donors (Lipinski definition) is 0. The summed E-state index contributed by atoms with van der Waals surface area (Å²) in [5.74, 6) is 0.666. The number of carbonyl (C=O) groups is 1. The van der Waals surface area contributed by atoms with Crippen molar-refractivity contribution < 1.29 is 27.2 Å². The van der Waals surface area contributed by atoms with Crippen LogP contribution in [-0.2, 0) is 37.3 Å². The van der Waals surface area contributed by atoms with Crippen LogP contribution in [0.15, 0.2) is 4.52 Å². The molecule has 3 rings (SSSR count). The van der Waals surface area contributed by atoms with Gasteiger partial charge in [-0.25, -0.2) is 8.42 Å². The number of aromatic nitrogens is 2. The van der Waals surface area contributed by atoms with E-state index in [-0.39, 0.29) is 42.7 Å². The van der Waals surface area contributed by atoms with E-state index in [9.17, 15) is 13.2 Å². The maximum absolute atomic E-state index is 12.2. The summed E-state index contributed by atoms with van der Waals surface area (Å²) >= 11 is 0. The van der Waals surface area contributed by atoms with E-state index in [4.69, 9.17) is 14.0 Å². The molecule has 2 fully saturated rings. The Bertz CT molecular complexity index is 721. The molecule has 0 N–H and O–H groups in total. The largest absolute Gasteiger partial charge is 0.377 e. The van der Waals surface area contributed by atoms with Gasteiger partial charge in [0, 0.05) is 33.4 Å². The van der Waals surface area contributed by atoms with Crippen LogP contribution in [0.5, 0.6) is 0 Å². The number of methoxy groups -OCH3 is 2. The molecule has 1 aromatic heterocycles. The Labute approximate surface area is 146 Å². The van der Waals surface area contributed by atoms with Gasteiger partial charge < -0.3 is 18.9 Å². The highest BCUT2D eigenvalue weighted by Gasteiger charge is 2.48. The zero-order chi connectivity index (χ0) is 18.0. The molecule has 2 aliphatic rings. The smallest absolute Gasteiger partial charge is 0.248 e. The Hall–Kier alpha value is -1.56. The van der Waals surface area contributed by atoms with Crippen LogP contribution in [0.4, 0.5) is 0 Å². The van der Waals surface area contributed by atoms with Crippen molar-refractivity contribution in [3.63, 3.8) is 0 Å². The van der Waals surface area contributed by atoms with E-state index in [0.29, 0.717) is 31.3 Å². The van der Waals surface area contributed by atoms with Crippen molar-refractivity contribution >= 4 is 15.7 Å². The molecular weight excluding hydrogens is 352 g/mol. The first kappa shape index (κ1) is 18.2. The highest BCUT2D eigenvalue weighted by molar-refractivity contribution is 7.91. The fourth-order valence-electron chi connectivity index (χ4n) is 3.45. The number of piperazine rings is 1. The second-order valence-corrected chi connectivity index (χ2v) is 8.39. The second-order valence-electron chi connectivity index (χ2n) is 6.24. The van der Waals surface area contributed by atoms with Gasteiger partial charge in [-0.2, -0.15) is 4.98 Å². The molecule has 0 saturated carbocycles. The quantitative estimate of drug-likeness (QED) is 0.597. The van der Waals surface area contributed by atoms with Gasteiger partial charge in [-0.15, -0.1) is 0 Å². The molecule has 1 amide bonds. The van der Waals surface area contributed by atoms with Gasteiger partial charge in [-0.3, -0.25) is 9.69 Å². The summed E-state index contributed by atoms with van der Waals surface area (Å²) in [6.45, 7) is 1.53. The van der Waals surface area contributed by atoms with Gasteiger partial charge in [-0.1, -0.05) is 5.16 Å². The SMILES string of the molecule is COCC(=O)N1CCN(Cc2nc(COC)no2)[C@H]2CS(=O)(=O)C[C@H]21. The van der Waals surface area contributed by atoms with Crippen molar-refractivity contribution in [2.24, 2.45) is 0 Å². The topological polar surface area (TPSA) is 115 Å². The Balaban J connectivity index is 1.75. The molecular formula is C14H22N4O6S. The summed E-state index contributed by atoms with van der Waals surface area (Å²) in [6.07, 6.45) is 0. The third-order valence-electron chi connectivity index (χ3n) is 4.50. The summed E-state index contributed by atoms with van der Waals surface area (Å²) in [5, 5.41) is 3.82. The first-order valence-electron chi connectivity index (χ1n) is 7.97. The molecule has 2 saturated heterocycles. The molecule has 0 unspecified atom stereocenters. The molecule has 0 bridgehead atoms. The minimum atomic E-state index is -3.20. The van der Waals surface area contributed by atoms with Crippen molar-refractivity contribution in [3.05, 3.63) is 11.7 Å². The lowest BCUT2D eigenvalue weighted by Gasteiger charge is -2.43. The van der Waals surface area contributed by atoms with Gasteiger partial charge in [0.25, 0.3) is 0 Å². The number of ether oxygens (including phenoxy) is 2. The van der Waals surface area contributed by atoms with Crippen LogP contribution in [-0.4, -0.2) is 91.8 Å². The number of fused-ring (bicyclic) bond motifs is 1. The van der Waals surface area contributed by atoms with Gasteiger partial charge in [0.15, 0.2) is 15.7 Å². The first-order chi connectivity index (χ1) is 11.9. The predicted octanol–water partition coefficient (Wildman–Crippen LogP) is -1.33. The minimum Gasteiger partial charge on any atom is -0.377 e. The number of rotatable bonds is 6. The van der Waals surface area contributed by atoms with Crippen LogP contribution in [0, 0.1) is 0 Å². The zero-order valence-corrected chi connectivity index (χ0v) is 15.1. The minimum absolute atomic E-state index is 0.0213. The standard InChI is InChI=1S/C14H22N4O6S/c1-22-6-12-15-13(24-16-12)5-17-3-4-18(14(19)7-23-2)11-9-25(20,21)8-10(11)17/h10-11H,3-9H2,1-2H3/t10-,11+/m0/s1. The molecule has 0 spiro atoms. The summed E-state index contributed by atoms with van der Waals surface area (Å²) in [5.41, 5.74) is 0. The fraction of sp³-hybridized carbons (Fsp3) is 0.786. The maximum Gasteiger partial charge on any atom is 0.248 e. The Kier molecular flexibility index (Phi) is 5.37. The normalized spacial score (nSPS) is 25.9. The Morgan fingerprint density at radius 1 is 1.24 bits per heavy atom. The summed E-state index contributed by atoms with van der Waals surface area (Å²) in [7, 11) is -0.211. The van der Waals surface area contributed by atoms with Crippen LogP contribution in [0.2, 0.25) is 0 Å². The second kappa shape index (κ2) is 7.36. The molecule has 10 nitrogen and oxygen atoms in total. The van der Waals surface area contributed by atoms with Crippen molar-refractivity contribution in [1.82, 2.24) is 19.9 Å². The van der Waals surface area contributed by atoms with E-state index in [1.54, 1.807) is 12.0 Å². The highest BCUT2D eigenvalue weighted by atomic mass is 32.2. The molecule has 140 valence electrons. The monoisotopic (exact) mass is 374 g/mol. The average Bonchev–Trinajstić information content (AvgIpc) is 3.11. The first-order valence-corrected chi connectivity index (χ1v) is 9.79. The molecule has 2 atom stereocenters. The average molecular weight is 374 g/mol. The number of hydrogen-bond acceptors (Lipinski definition) is 9. The number of amides is 1. The lowest BCUT2D eigenvalue weighted by molar-refractivity contribution is -0.141. The molecule has 11 heteroatoms. The van der Waals surface area contributed by atoms with Crippen molar-refractivity contribution in [1.29, 1.82) is 0 Å². The molecule has 0 radical (unpaired) electrons. The van der Waals surface area contributed by atoms with Gasteiger partial charge in [0.2, 0.25) is 11.8 Å². The third-order valence-corrected chi connectivity index (χ3v) is 6.20. The van der Waals surface area contributed by atoms with E-state index in [0.717, 1.165) is 0 Å². The lowest BCUT2D eigenvalue weighted by Crippen LogP contribution is -2.60. The van der Waals surface area contributed by atoms with Crippen molar-refractivity contribution in [2.75, 3.05) is 45.4 Å². The van der Waals surface area contributed by atoms with Crippen molar-refractivity contribution in [2.45, 2.75) is 25.2 Å². The molecule has 0 aromatic carbocycles. The maximum atomic E-state index is 12.2. The fourth-order valence-corrected chi connectivity index (χ4v) is 5.46. The predicted molar refractivity (Wildman–Crippen MR) is 85.2 cm³/mol. The summed E-state index contributed by atoms with van der Waals surface area (Å²) < 4.78 is 39.4. The van der Waals surface area contributed by atoms with Gasteiger partial charge >= 0.3 is 0 Å². The summed E-state index contributed by atoms with van der Waals surface area (Å²) in [4.78, 5) is 20.1. The Morgan fingerprint density at radius 2 is 2.00 bits per heavy atom. The Morgan fingerprint density at radius 3 is 2.72 bits per heavy atom. The number of nitrogens with zero attached hydrogens (tertiary/aromatic N) is 4. The van der Waals surface area contributed by atoms with Crippen LogP contribution < -0.4 is 0 Å². The van der Waals surface area contributed by atoms with E-state index in [2.05, 4.69) is 10.1 Å². The third kappa shape index (κ3) is 4.00. The molecule has 25 heavy (non-hydrogen) atoms. The molecule has 0 aliphatic carbocycles. The highest BCUT2D eigenvalue weighted by Crippen LogP contribution is 2.28. The van der Waals surface area contributed by atoms with Gasteiger partial charge in [0.05, 0.1) is 24.1 Å². The molecule has 2 aliphatic heterocycles. The number of carbonyl (C=O) groups excluding carboxylic acids is 1. The lowest BCUT2D eigenvalue weighted by atomic mass is 10.0.